The Hall–Kier alpha value is -3.15. The SMILES string of the molecule is Nc1[nH]cc2cc3c(cc12)OCc1ccc(COC=O)cc1CO3. The number of H-pyrrole nitrogens is 1. The molecule has 3 N–H and O–H groups in total. The van der Waals surface area contributed by atoms with E-state index < -0.39 is 0 Å². The molecule has 6 nitrogen and oxygen atoms in total. The number of carbonyl (C=O) groups is 1. The molecule has 3 aromatic rings. The fourth-order valence-corrected chi connectivity index (χ4v) is 2.87. The Bertz CT molecular complexity index is 917. The van der Waals surface area contributed by atoms with Gasteiger partial charge in [-0.05, 0) is 34.9 Å². The van der Waals surface area contributed by atoms with Crippen LogP contribution in [0.2, 0.25) is 0 Å². The highest BCUT2D eigenvalue weighted by atomic mass is 16.5. The second kappa shape index (κ2) is 5.81. The Labute approximate surface area is 138 Å². The summed E-state index contributed by atoms with van der Waals surface area (Å²) >= 11 is 0. The molecule has 0 fully saturated rings. The van der Waals surface area contributed by atoms with Crippen molar-refractivity contribution in [3.05, 3.63) is 53.2 Å². The number of anilines is 1. The molecule has 4 rings (SSSR count). The molecule has 1 aromatic heterocycles. The second-order valence-electron chi connectivity index (χ2n) is 5.68. The molecule has 0 aliphatic carbocycles. The van der Waals surface area contributed by atoms with Crippen molar-refractivity contribution in [2.75, 3.05) is 5.73 Å². The molecule has 0 amide bonds. The number of nitrogens with one attached hydrogen (secondary N) is 1. The summed E-state index contributed by atoms with van der Waals surface area (Å²) in [4.78, 5) is 13.3. The fourth-order valence-electron chi connectivity index (χ4n) is 2.87. The topological polar surface area (TPSA) is 86.6 Å². The standard InChI is InChI=1S/C18H16N2O4/c19-18-15-5-17-16(4-13(15)6-20-18)24-9-14-3-11(7-22-10-21)1-2-12(14)8-23-17/h1-6,10,20H,7-9,19H2. The van der Waals surface area contributed by atoms with Gasteiger partial charge in [-0.15, -0.1) is 0 Å². The van der Waals surface area contributed by atoms with Gasteiger partial charge in [0.15, 0.2) is 11.5 Å². The van der Waals surface area contributed by atoms with Crippen LogP contribution < -0.4 is 15.2 Å². The zero-order valence-corrected chi connectivity index (χ0v) is 12.9. The Morgan fingerprint density at radius 1 is 1.12 bits per heavy atom. The zero-order valence-electron chi connectivity index (χ0n) is 12.9. The number of hydrogen-bond donors (Lipinski definition) is 2. The molecule has 2 aromatic carbocycles. The maximum atomic E-state index is 10.3. The van der Waals surface area contributed by atoms with Gasteiger partial charge in [-0.1, -0.05) is 12.1 Å². The summed E-state index contributed by atoms with van der Waals surface area (Å²) in [6.07, 6.45) is 1.84. The number of nitrogens with two attached hydrogens (primary N) is 1. The summed E-state index contributed by atoms with van der Waals surface area (Å²) in [5, 5.41) is 1.89. The number of aromatic nitrogens is 1. The molecule has 0 radical (unpaired) electrons. The van der Waals surface area contributed by atoms with Gasteiger partial charge in [0, 0.05) is 17.0 Å². The molecule has 0 bridgehead atoms. The summed E-state index contributed by atoms with van der Waals surface area (Å²) in [5.41, 5.74) is 8.89. The van der Waals surface area contributed by atoms with Crippen LogP contribution in [0.15, 0.2) is 36.5 Å². The molecule has 0 spiro atoms. The Balaban J connectivity index is 1.66. The molecular formula is C18H16N2O4. The quantitative estimate of drug-likeness (QED) is 0.723. The Kier molecular flexibility index (Phi) is 3.49. The van der Waals surface area contributed by atoms with Crippen molar-refractivity contribution in [3.63, 3.8) is 0 Å². The second-order valence-corrected chi connectivity index (χ2v) is 5.68. The normalized spacial score (nSPS) is 13.0. The van der Waals surface area contributed by atoms with E-state index >= 15 is 0 Å². The van der Waals surface area contributed by atoms with Crippen molar-refractivity contribution < 1.29 is 19.0 Å². The van der Waals surface area contributed by atoms with Gasteiger partial charge in [-0.2, -0.15) is 0 Å². The number of hydrogen-bond acceptors (Lipinski definition) is 5. The average molecular weight is 324 g/mol. The van der Waals surface area contributed by atoms with Crippen molar-refractivity contribution in [2.24, 2.45) is 0 Å². The largest absolute Gasteiger partial charge is 0.485 e. The minimum atomic E-state index is 0.247. The van der Waals surface area contributed by atoms with Crippen LogP contribution in [0, 0.1) is 0 Å². The number of ether oxygens (including phenoxy) is 3. The maximum absolute atomic E-state index is 10.3. The monoisotopic (exact) mass is 324 g/mol. The number of fused-ring (bicyclic) bond motifs is 3. The summed E-state index contributed by atoms with van der Waals surface area (Å²) in [7, 11) is 0. The maximum Gasteiger partial charge on any atom is 0.293 e. The third kappa shape index (κ3) is 2.52. The number of aromatic amines is 1. The van der Waals surface area contributed by atoms with Gasteiger partial charge in [0.05, 0.1) is 0 Å². The van der Waals surface area contributed by atoms with E-state index in [0.717, 1.165) is 27.5 Å². The summed E-state index contributed by atoms with van der Waals surface area (Å²) < 4.78 is 16.7. The molecule has 122 valence electrons. The van der Waals surface area contributed by atoms with Crippen LogP contribution >= 0.6 is 0 Å². The lowest BCUT2D eigenvalue weighted by Crippen LogP contribution is -2.09. The average Bonchev–Trinajstić information content (AvgIpc) is 2.94. The van der Waals surface area contributed by atoms with E-state index in [9.17, 15) is 4.79 Å². The molecule has 0 unspecified atom stereocenters. The van der Waals surface area contributed by atoms with E-state index in [1.807, 2.05) is 36.5 Å². The van der Waals surface area contributed by atoms with Crippen molar-refractivity contribution in [1.29, 1.82) is 0 Å². The van der Waals surface area contributed by atoms with E-state index in [2.05, 4.69) is 4.98 Å². The number of carbonyl (C=O) groups excluding carboxylic acids is 1. The smallest absolute Gasteiger partial charge is 0.293 e. The van der Waals surface area contributed by atoms with Crippen LogP contribution in [0.25, 0.3) is 10.8 Å². The first-order valence-corrected chi connectivity index (χ1v) is 7.57. The van der Waals surface area contributed by atoms with Gasteiger partial charge >= 0.3 is 0 Å². The van der Waals surface area contributed by atoms with Gasteiger partial charge in [0.25, 0.3) is 6.47 Å². The third-order valence-corrected chi connectivity index (χ3v) is 4.14. The van der Waals surface area contributed by atoms with E-state index in [4.69, 9.17) is 19.9 Å². The molecule has 6 heteroatoms. The van der Waals surface area contributed by atoms with Crippen LogP contribution in [-0.4, -0.2) is 11.5 Å². The molecule has 2 heterocycles. The minimum absolute atomic E-state index is 0.247. The number of rotatable bonds is 3. The lowest BCUT2D eigenvalue weighted by molar-refractivity contribution is -0.129. The van der Waals surface area contributed by atoms with Crippen LogP contribution in [-0.2, 0) is 29.4 Å². The van der Waals surface area contributed by atoms with E-state index in [1.54, 1.807) is 0 Å². The van der Waals surface area contributed by atoms with Crippen LogP contribution in [0.1, 0.15) is 16.7 Å². The first-order chi connectivity index (χ1) is 11.7. The van der Waals surface area contributed by atoms with E-state index in [0.29, 0.717) is 37.0 Å². The van der Waals surface area contributed by atoms with Gasteiger partial charge in [-0.25, -0.2) is 0 Å². The summed E-state index contributed by atoms with van der Waals surface area (Å²) in [5.74, 6) is 1.97. The molecule has 1 aliphatic heterocycles. The van der Waals surface area contributed by atoms with Crippen molar-refractivity contribution in [2.45, 2.75) is 19.8 Å². The molecule has 0 saturated heterocycles. The summed E-state index contributed by atoms with van der Waals surface area (Å²) in [6.45, 7) is 1.56. The zero-order chi connectivity index (χ0) is 16.5. The van der Waals surface area contributed by atoms with E-state index in [-0.39, 0.29) is 6.61 Å². The van der Waals surface area contributed by atoms with Crippen molar-refractivity contribution in [1.82, 2.24) is 4.98 Å². The van der Waals surface area contributed by atoms with Gasteiger partial charge in [-0.3, -0.25) is 4.79 Å². The highest BCUT2D eigenvalue weighted by Crippen LogP contribution is 2.37. The molecule has 24 heavy (non-hydrogen) atoms. The van der Waals surface area contributed by atoms with Crippen molar-refractivity contribution in [3.8, 4) is 11.5 Å². The third-order valence-electron chi connectivity index (χ3n) is 4.14. The Morgan fingerprint density at radius 3 is 2.75 bits per heavy atom. The molecular weight excluding hydrogens is 308 g/mol. The lowest BCUT2D eigenvalue weighted by atomic mass is 10.0. The Morgan fingerprint density at radius 2 is 1.92 bits per heavy atom. The number of benzene rings is 2. The van der Waals surface area contributed by atoms with Crippen LogP contribution in [0.3, 0.4) is 0 Å². The van der Waals surface area contributed by atoms with Crippen LogP contribution in [0.4, 0.5) is 5.82 Å². The van der Waals surface area contributed by atoms with Gasteiger partial charge < -0.3 is 24.9 Å². The molecule has 0 atom stereocenters. The van der Waals surface area contributed by atoms with Gasteiger partial charge in [0.1, 0.15) is 25.6 Å². The minimum Gasteiger partial charge on any atom is -0.485 e. The van der Waals surface area contributed by atoms with Gasteiger partial charge in [0.2, 0.25) is 0 Å². The predicted octanol–water partition coefficient (Wildman–Crippen LogP) is 2.89. The molecule has 1 aliphatic rings. The van der Waals surface area contributed by atoms with E-state index in [1.165, 1.54) is 0 Å². The number of nitrogen functional groups attached to an aromatic ring is 1. The van der Waals surface area contributed by atoms with Crippen LogP contribution in [0.5, 0.6) is 11.5 Å². The van der Waals surface area contributed by atoms with Crippen molar-refractivity contribution >= 4 is 23.1 Å². The first kappa shape index (κ1) is 14.4. The highest BCUT2D eigenvalue weighted by Gasteiger charge is 2.16. The predicted molar refractivity (Wildman–Crippen MR) is 88.7 cm³/mol. The first-order valence-electron chi connectivity index (χ1n) is 7.57. The lowest BCUT2D eigenvalue weighted by Gasteiger charge is -2.20. The highest BCUT2D eigenvalue weighted by molar-refractivity contribution is 5.94. The summed E-state index contributed by atoms with van der Waals surface area (Å²) in [6, 6.07) is 9.67. The molecule has 0 saturated carbocycles. The fraction of sp³-hybridized carbons (Fsp3) is 0.167.